The normalized spacial score (nSPS) is 15.4. The van der Waals surface area contributed by atoms with Crippen LogP contribution >= 0.6 is 0 Å². The summed E-state index contributed by atoms with van der Waals surface area (Å²) in [6, 6.07) is 6.06. The molecular weight excluding hydrogens is 422 g/mol. The monoisotopic (exact) mass is 451 g/mol. The molecule has 2 heterocycles. The third kappa shape index (κ3) is 6.05. The fourth-order valence-corrected chi connectivity index (χ4v) is 4.74. The molecule has 1 aliphatic rings. The maximum absolute atomic E-state index is 13.0. The van der Waals surface area contributed by atoms with Crippen molar-refractivity contribution in [3.63, 3.8) is 0 Å². The first-order chi connectivity index (χ1) is 14.9. The van der Waals surface area contributed by atoms with Crippen LogP contribution in [0.1, 0.15) is 43.1 Å². The van der Waals surface area contributed by atoms with Gasteiger partial charge in [0.15, 0.2) is 11.5 Å². The van der Waals surface area contributed by atoms with Crippen LogP contribution in [0, 0.1) is 0 Å². The summed E-state index contributed by atoms with van der Waals surface area (Å²) in [5.74, 6) is -0.128. The van der Waals surface area contributed by atoms with Crippen molar-refractivity contribution in [2.24, 2.45) is 0 Å². The molecule has 1 fully saturated rings. The molecule has 0 radical (unpaired) electrons. The van der Waals surface area contributed by atoms with Crippen molar-refractivity contribution >= 4 is 16.0 Å². The predicted octanol–water partition coefficient (Wildman–Crippen LogP) is 2.68. The van der Waals surface area contributed by atoms with Gasteiger partial charge >= 0.3 is 5.97 Å². The Morgan fingerprint density at radius 1 is 1.19 bits per heavy atom. The molecule has 1 aromatic heterocycles. The maximum Gasteiger partial charge on any atom is 0.360 e. The van der Waals surface area contributed by atoms with Gasteiger partial charge in [-0.05, 0) is 51.1 Å². The van der Waals surface area contributed by atoms with Gasteiger partial charge in [0.1, 0.15) is 10.6 Å². The lowest BCUT2D eigenvalue weighted by molar-refractivity contribution is 0.0514. The number of carbonyl (C=O) groups is 1. The van der Waals surface area contributed by atoms with Gasteiger partial charge in [-0.25, -0.2) is 17.9 Å². The highest BCUT2D eigenvalue weighted by Crippen LogP contribution is 2.30. The van der Waals surface area contributed by atoms with Crippen LogP contribution < -0.4 is 9.46 Å². The number of methoxy groups -OCH3 is 1. The third-order valence-electron chi connectivity index (χ3n) is 5.15. The van der Waals surface area contributed by atoms with Crippen molar-refractivity contribution in [2.45, 2.75) is 37.5 Å². The van der Waals surface area contributed by atoms with E-state index in [-0.39, 0.29) is 28.7 Å². The van der Waals surface area contributed by atoms with E-state index in [9.17, 15) is 13.2 Å². The first-order valence-electron chi connectivity index (χ1n) is 10.5. The minimum atomic E-state index is -3.82. The second-order valence-electron chi connectivity index (χ2n) is 7.32. The van der Waals surface area contributed by atoms with Crippen LogP contribution in [0.5, 0.6) is 5.75 Å². The molecule has 170 valence electrons. The summed E-state index contributed by atoms with van der Waals surface area (Å²) in [5.41, 5.74) is 0.476. The molecule has 0 amide bonds. The largest absolute Gasteiger partial charge is 0.495 e. The number of esters is 1. The van der Waals surface area contributed by atoms with E-state index in [1.165, 1.54) is 32.1 Å². The van der Waals surface area contributed by atoms with Gasteiger partial charge in [-0.1, -0.05) is 18.0 Å². The van der Waals surface area contributed by atoms with E-state index in [0.717, 1.165) is 25.9 Å². The first kappa shape index (κ1) is 23.2. The van der Waals surface area contributed by atoms with Gasteiger partial charge in [-0.2, -0.15) is 0 Å². The molecule has 1 aliphatic heterocycles. The average molecular weight is 452 g/mol. The van der Waals surface area contributed by atoms with Crippen LogP contribution in [0.4, 0.5) is 0 Å². The number of nitrogens with zero attached hydrogens (tertiary/aromatic N) is 2. The topological polar surface area (TPSA) is 111 Å². The number of sulfonamides is 1. The quantitative estimate of drug-likeness (QED) is 0.580. The van der Waals surface area contributed by atoms with E-state index in [2.05, 4.69) is 14.8 Å². The molecule has 0 saturated carbocycles. The van der Waals surface area contributed by atoms with E-state index < -0.39 is 16.0 Å². The van der Waals surface area contributed by atoms with Crippen molar-refractivity contribution in [1.29, 1.82) is 0 Å². The van der Waals surface area contributed by atoms with Crippen LogP contribution in [-0.4, -0.2) is 64.3 Å². The Morgan fingerprint density at radius 3 is 2.61 bits per heavy atom. The summed E-state index contributed by atoms with van der Waals surface area (Å²) < 4.78 is 44.0. The number of hydrogen-bond donors (Lipinski definition) is 1. The van der Waals surface area contributed by atoms with E-state index in [0.29, 0.717) is 18.7 Å². The molecule has 0 spiro atoms. The summed E-state index contributed by atoms with van der Waals surface area (Å²) in [6.07, 6.45) is 4.75. The molecule has 0 aliphatic carbocycles. The number of benzene rings is 1. The van der Waals surface area contributed by atoms with E-state index in [1.54, 1.807) is 19.1 Å². The smallest absolute Gasteiger partial charge is 0.360 e. The minimum absolute atomic E-state index is 0.00236. The maximum atomic E-state index is 13.0. The highest BCUT2D eigenvalue weighted by molar-refractivity contribution is 7.89. The van der Waals surface area contributed by atoms with Gasteiger partial charge in [0, 0.05) is 24.7 Å². The van der Waals surface area contributed by atoms with Crippen LogP contribution in [-0.2, 0) is 14.8 Å². The Bertz CT molecular complexity index is 981. The highest BCUT2D eigenvalue weighted by Gasteiger charge is 2.22. The van der Waals surface area contributed by atoms with Crippen LogP contribution in [0.25, 0.3) is 11.3 Å². The van der Waals surface area contributed by atoms with Crippen LogP contribution in [0.15, 0.2) is 33.7 Å². The number of nitrogens with one attached hydrogen (secondary N) is 1. The Balaban J connectivity index is 1.75. The molecule has 0 unspecified atom stereocenters. The SMILES string of the molecule is CCOC(=O)c1cc(-c2ccc(OC)c(S(=O)(=O)NCCN3CCCCCC3)c2)on1. The zero-order chi connectivity index (χ0) is 22.3. The number of hydrogen-bond acceptors (Lipinski definition) is 8. The number of likely N-dealkylation sites (tertiary alicyclic amines) is 1. The molecule has 3 rings (SSSR count). The number of rotatable bonds is 9. The number of carbonyl (C=O) groups excluding carboxylic acids is 1. The third-order valence-corrected chi connectivity index (χ3v) is 6.63. The zero-order valence-electron chi connectivity index (χ0n) is 17.9. The van der Waals surface area contributed by atoms with Gasteiger partial charge in [-0.3, -0.25) is 0 Å². The van der Waals surface area contributed by atoms with Crippen LogP contribution in [0.3, 0.4) is 0 Å². The van der Waals surface area contributed by atoms with Gasteiger partial charge in [-0.15, -0.1) is 0 Å². The van der Waals surface area contributed by atoms with Gasteiger partial charge in [0.2, 0.25) is 10.0 Å². The zero-order valence-corrected chi connectivity index (χ0v) is 18.7. The Morgan fingerprint density at radius 2 is 1.94 bits per heavy atom. The summed E-state index contributed by atoms with van der Waals surface area (Å²) >= 11 is 0. The predicted molar refractivity (Wildman–Crippen MR) is 115 cm³/mol. The fraction of sp³-hybridized carbons (Fsp3) is 0.524. The van der Waals surface area contributed by atoms with Gasteiger partial charge < -0.3 is 18.9 Å². The summed E-state index contributed by atoms with van der Waals surface area (Å²) in [4.78, 5) is 14.1. The fourth-order valence-electron chi connectivity index (χ4n) is 3.53. The minimum Gasteiger partial charge on any atom is -0.495 e. The number of aromatic nitrogens is 1. The molecule has 0 bridgehead atoms. The van der Waals surface area contributed by atoms with Gasteiger partial charge in [0.05, 0.1) is 13.7 Å². The first-order valence-corrected chi connectivity index (χ1v) is 12.0. The van der Waals surface area contributed by atoms with E-state index >= 15 is 0 Å². The van der Waals surface area contributed by atoms with E-state index in [4.69, 9.17) is 14.0 Å². The van der Waals surface area contributed by atoms with Crippen LogP contribution in [0.2, 0.25) is 0 Å². The van der Waals surface area contributed by atoms with Crippen molar-refractivity contribution in [3.05, 3.63) is 30.0 Å². The lowest BCUT2D eigenvalue weighted by Crippen LogP contribution is -2.35. The lowest BCUT2D eigenvalue weighted by atomic mass is 10.1. The average Bonchev–Trinajstić information content (AvgIpc) is 3.12. The molecule has 1 aromatic carbocycles. The summed E-state index contributed by atoms with van der Waals surface area (Å²) in [5, 5.41) is 3.70. The molecule has 10 heteroatoms. The van der Waals surface area contributed by atoms with Gasteiger partial charge in [0.25, 0.3) is 0 Å². The Kier molecular flexibility index (Phi) is 8.05. The molecule has 9 nitrogen and oxygen atoms in total. The molecule has 1 N–H and O–H groups in total. The molecule has 2 aromatic rings. The summed E-state index contributed by atoms with van der Waals surface area (Å²) in [6.45, 7) is 4.87. The lowest BCUT2D eigenvalue weighted by Gasteiger charge is -2.20. The molecule has 1 saturated heterocycles. The second-order valence-corrected chi connectivity index (χ2v) is 9.05. The molecule has 0 atom stereocenters. The Labute approximate surface area is 182 Å². The van der Waals surface area contributed by atoms with Crippen molar-refractivity contribution in [2.75, 3.05) is 39.9 Å². The molecule has 31 heavy (non-hydrogen) atoms. The Hall–Kier alpha value is -2.43. The molecular formula is C21H29N3O6S. The van der Waals surface area contributed by atoms with Crippen molar-refractivity contribution in [1.82, 2.24) is 14.8 Å². The second kappa shape index (κ2) is 10.7. The van der Waals surface area contributed by atoms with Crippen molar-refractivity contribution in [3.8, 4) is 17.1 Å². The van der Waals surface area contributed by atoms with Crippen molar-refractivity contribution < 1.29 is 27.2 Å². The number of ether oxygens (including phenoxy) is 2. The summed E-state index contributed by atoms with van der Waals surface area (Å²) in [7, 11) is -2.40. The van der Waals surface area contributed by atoms with E-state index in [1.807, 2.05) is 0 Å². The standard InChI is InChI=1S/C21H29N3O6S/c1-3-29-21(25)17-15-19(30-23-17)16-8-9-18(28-2)20(14-16)31(26,27)22-10-13-24-11-6-4-5-7-12-24/h8-9,14-15,22H,3-7,10-13H2,1-2H3. The highest BCUT2D eigenvalue weighted by atomic mass is 32.2.